The molecule has 1 rings (SSSR count). The van der Waals surface area contributed by atoms with Crippen molar-refractivity contribution in [3.8, 4) is 0 Å². The minimum atomic E-state index is -0.859. The average Bonchev–Trinajstić information content (AvgIpc) is 2.23. The van der Waals surface area contributed by atoms with Crippen LogP contribution >= 0.6 is 0 Å². The molecule has 1 heterocycles. The molecule has 12 heavy (non-hydrogen) atoms. The van der Waals surface area contributed by atoms with Crippen LogP contribution in [0.3, 0.4) is 0 Å². The molecule has 72 valence electrons. The summed E-state index contributed by atoms with van der Waals surface area (Å²) in [6, 6.07) is 0. The van der Waals surface area contributed by atoms with Crippen LogP contribution in [-0.4, -0.2) is 40.9 Å². The monoisotopic (exact) mass is 176 g/mol. The highest BCUT2D eigenvalue weighted by atomic mass is 16.8. The Morgan fingerprint density at radius 2 is 2.00 bits per heavy atom. The lowest BCUT2D eigenvalue weighted by atomic mass is 10.1. The third-order valence-corrected chi connectivity index (χ3v) is 1.92. The first-order valence-corrected chi connectivity index (χ1v) is 4.11. The van der Waals surface area contributed by atoms with Gasteiger partial charge in [-0.1, -0.05) is 0 Å². The van der Waals surface area contributed by atoms with Crippen LogP contribution in [0.4, 0.5) is 0 Å². The minimum Gasteiger partial charge on any atom is -0.394 e. The van der Waals surface area contributed by atoms with Gasteiger partial charge in [0.2, 0.25) is 0 Å². The first-order valence-electron chi connectivity index (χ1n) is 4.11. The van der Waals surface area contributed by atoms with Crippen LogP contribution in [0, 0.1) is 0 Å². The van der Waals surface area contributed by atoms with Gasteiger partial charge in [-0.25, -0.2) is 0 Å². The van der Waals surface area contributed by atoms with Gasteiger partial charge < -0.3 is 19.7 Å². The lowest BCUT2D eigenvalue weighted by Gasteiger charge is -2.19. The molecular formula is C8H16O4. The van der Waals surface area contributed by atoms with Crippen molar-refractivity contribution < 1.29 is 19.7 Å². The van der Waals surface area contributed by atoms with Crippen molar-refractivity contribution in [1.29, 1.82) is 0 Å². The molecule has 0 unspecified atom stereocenters. The largest absolute Gasteiger partial charge is 0.394 e. The van der Waals surface area contributed by atoms with Gasteiger partial charge in [0.15, 0.2) is 5.79 Å². The van der Waals surface area contributed by atoms with Crippen molar-refractivity contribution in [3.05, 3.63) is 0 Å². The second kappa shape index (κ2) is 3.30. The van der Waals surface area contributed by atoms with Crippen molar-refractivity contribution in [3.63, 3.8) is 0 Å². The molecule has 0 aromatic carbocycles. The van der Waals surface area contributed by atoms with E-state index in [2.05, 4.69) is 0 Å². The molecule has 1 aliphatic heterocycles. The van der Waals surface area contributed by atoms with E-state index in [9.17, 15) is 5.11 Å². The summed E-state index contributed by atoms with van der Waals surface area (Å²) >= 11 is 0. The number of aliphatic hydroxyl groups is 2. The van der Waals surface area contributed by atoms with E-state index in [4.69, 9.17) is 14.6 Å². The maximum absolute atomic E-state index is 9.31. The van der Waals surface area contributed by atoms with Crippen LogP contribution in [0.15, 0.2) is 0 Å². The molecule has 1 aliphatic rings. The van der Waals surface area contributed by atoms with E-state index in [1.54, 1.807) is 13.8 Å². The van der Waals surface area contributed by atoms with E-state index < -0.39 is 18.0 Å². The van der Waals surface area contributed by atoms with Crippen molar-refractivity contribution in [2.75, 3.05) is 6.61 Å². The zero-order chi connectivity index (χ0) is 9.35. The molecule has 0 spiro atoms. The fraction of sp³-hybridized carbons (Fsp3) is 1.00. The highest BCUT2D eigenvalue weighted by Crippen LogP contribution is 2.29. The number of hydrogen-bond acceptors (Lipinski definition) is 4. The molecule has 0 aromatic rings. The van der Waals surface area contributed by atoms with Crippen LogP contribution < -0.4 is 0 Å². The van der Waals surface area contributed by atoms with E-state index in [1.165, 1.54) is 0 Å². The van der Waals surface area contributed by atoms with E-state index in [0.29, 0.717) is 0 Å². The zero-order valence-corrected chi connectivity index (χ0v) is 7.65. The zero-order valence-electron chi connectivity index (χ0n) is 7.65. The average molecular weight is 176 g/mol. The molecule has 0 radical (unpaired) electrons. The molecule has 3 atom stereocenters. The van der Waals surface area contributed by atoms with Gasteiger partial charge >= 0.3 is 0 Å². The van der Waals surface area contributed by atoms with Crippen LogP contribution in [0.25, 0.3) is 0 Å². The summed E-state index contributed by atoms with van der Waals surface area (Å²) in [5.41, 5.74) is 0. The maximum atomic E-state index is 9.31. The topological polar surface area (TPSA) is 58.9 Å². The first-order chi connectivity index (χ1) is 5.46. The van der Waals surface area contributed by atoms with Gasteiger partial charge in [0.05, 0.1) is 12.7 Å². The van der Waals surface area contributed by atoms with Crippen LogP contribution in [-0.2, 0) is 9.47 Å². The number of aliphatic hydroxyl groups excluding tert-OH is 2. The van der Waals surface area contributed by atoms with Crippen molar-refractivity contribution in [2.45, 2.75) is 44.9 Å². The standard InChI is InChI=1S/C8H16O4/c1-5-7(6(10)4-9)12-8(2,3)11-5/h5-7,9-10H,4H2,1-3H3/t5-,6-,7+/m1/s1. The molecule has 4 nitrogen and oxygen atoms in total. The highest BCUT2D eigenvalue weighted by molar-refractivity contribution is 4.83. The van der Waals surface area contributed by atoms with Gasteiger partial charge in [-0.3, -0.25) is 0 Å². The quantitative estimate of drug-likeness (QED) is 0.616. The fourth-order valence-electron chi connectivity index (χ4n) is 1.46. The molecule has 1 saturated heterocycles. The molecular weight excluding hydrogens is 160 g/mol. The van der Waals surface area contributed by atoms with Crippen molar-refractivity contribution in [1.82, 2.24) is 0 Å². The second-order valence-electron chi connectivity index (χ2n) is 3.56. The molecule has 0 aliphatic carbocycles. The summed E-state index contributed by atoms with van der Waals surface area (Å²) in [5.74, 6) is -0.653. The minimum absolute atomic E-state index is 0.179. The number of hydrogen-bond donors (Lipinski definition) is 2. The summed E-state index contributed by atoms with van der Waals surface area (Å²) in [6.45, 7) is 5.09. The molecule has 0 aromatic heterocycles. The summed E-state index contributed by atoms with van der Waals surface area (Å²) in [5, 5.41) is 18.0. The Morgan fingerprint density at radius 1 is 1.42 bits per heavy atom. The Hall–Kier alpha value is -0.160. The van der Waals surface area contributed by atoms with Gasteiger partial charge in [0.25, 0.3) is 0 Å². The van der Waals surface area contributed by atoms with Crippen LogP contribution in [0.5, 0.6) is 0 Å². The SMILES string of the molecule is C[C@H]1OC(C)(C)O[C@@H]1[C@H](O)CO. The Labute approximate surface area is 72.1 Å². The Kier molecular flexibility index (Phi) is 2.73. The lowest BCUT2D eigenvalue weighted by Crippen LogP contribution is -2.36. The second-order valence-corrected chi connectivity index (χ2v) is 3.56. The van der Waals surface area contributed by atoms with E-state index in [0.717, 1.165) is 0 Å². The number of rotatable bonds is 2. The Bertz CT molecular complexity index is 157. The summed E-state index contributed by atoms with van der Waals surface area (Å²) in [6.07, 6.45) is -1.46. The van der Waals surface area contributed by atoms with Crippen LogP contribution in [0.2, 0.25) is 0 Å². The van der Waals surface area contributed by atoms with Gasteiger partial charge in [0, 0.05) is 0 Å². The highest BCUT2D eigenvalue weighted by Gasteiger charge is 2.41. The molecule has 0 saturated carbocycles. The third-order valence-electron chi connectivity index (χ3n) is 1.92. The Morgan fingerprint density at radius 3 is 2.33 bits per heavy atom. The van der Waals surface area contributed by atoms with Gasteiger partial charge in [-0.2, -0.15) is 0 Å². The van der Waals surface area contributed by atoms with E-state index in [-0.39, 0.29) is 12.7 Å². The maximum Gasteiger partial charge on any atom is 0.163 e. The molecule has 2 N–H and O–H groups in total. The normalized spacial score (nSPS) is 36.8. The third kappa shape index (κ3) is 1.95. The van der Waals surface area contributed by atoms with Crippen molar-refractivity contribution >= 4 is 0 Å². The molecule has 0 amide bonds. The summed E-state index contributed by atoms with van der Waals surface area (Å²) in [4.78, 5) is 0. The predicted octanol–water partition coefficient (Wildman–Crippen LogP) is -0.120. The summed E-state index contributed by atoms with van der Waals surface area (Å²) < 4.78 is 10.8. The predicted molar refractivity (Wildman–Crippen MR) is 42.6 cm³/mol. The smallest absolute Gasteiger partial charge is 0.163 e. The molecule has 1 fully saturated rings. The van der Waals surface area contributed by atoms with Crippen molar-refractivity contribution in [2.24, 2.45) is 0 Å². The first kappa shape index (κ1) is 9.92. The van der Waals surface area contributed by atoms with Crippen LogP contribution in [0.1, 0.15) is 20.8 Å². The van der Waals surface area contributed by atoms with Gasteiger partial charge in [0.1, 0.15) is 12.2 Å². The van der Waals surface area contributed by atoms with E-state index >= 15 is 0 Å². The summed E-state index contributed by atoms with van der Waals surface area (Å²) in [7, 11) is 0. The van der Waals surface area contributed by atoms with E-state index in [1.807, 2.05) is 6.92 Å². The fourth-order valence-corrected chi connectivity index (χ4v) is 1.46. The molecule has 4 heteroatoms. The van der Waals surface area contributed by atoms with Gasteiger partial charge in [-0.15, -0.1) is 0 Å². The number of ether oxygens (including phenoxy) is 2. The lowest BCUT2D eigenvalue weighted by molar-refractivity contribution is -0.156. The van der Waals surface area contributed by atoms with Gasteiger partial charge in [-0.05, 0) is 20.8 Å². The molecule has 0 bridgehead atoms. The Balaban J connectivity index is 2.57.